The van der Waals surface area contributed by atoms with Crippen LogP contribution in [0.25, 0.3) is 0 Å². The van der Waals surface area contributed by atoms with Crippen LogP contribution in [0.2, 0.25) is 0 Å². The first-order valence-corrected chi connectivity index (χ1v) is 9.23. The lowest BCUT2D eigenvalue weighted by Gasteiger charge is -2.34. The normalized spacial score (nSPS) is 31.4. The van der Waals surface area contributed by atoms with Crippen molar-refractivity contribution in [3.8, 4) is 0 Å². The molecule has 3 rings (SSSR count). The second kappa shape index (κ2) is 6.67. The quantitative estimate of drug-likeness (QED) is 0.920. The van der Waals surface area contributed by atoms with Gasteiger partial charge in [0, 0.05) is 24.6 Å². The van der Waals surface area contributed by atoms with E-state index in [9.17, 15) is 0 Å². The van der Waals surface area contributed by atoms with Gasteiger partial charge in [-0.05, 0) is 32.9 Å². The molecule has 1 N–H and O–H groups in total. The molecular weight excluding hydrogens is 284 g/mol. The summed E-state index contributed by atoms with van der Waals surface area (Å²) in [6.07, 6.45) is 4.62. The standard InChI is InChI=1S/C15H26N4OS/c1-3-5-15(6-4-7-16-11-15)14-17-13(18-20-14)12-10-21-9-8-19(12)2/h12,16H,3-11H2,1-2H3. The molecule has 1 aromatic heterocycles. The van der Waals surface area contributed by atoms with Gasteiger partial charge in [-0.3, -0.25) is 4.90 Å². The maximum Gasteiger partial charge on any atom is 0.234 e. The smallest absolute Gasteiger partial charge is 0.234 e. The van der Waals surface area contributed by atoms with Crippen LogP contribution < -0.4 is 5.32 Å². The highest BCUT2D eigenvalue weighted by Gasteiger charge is 2.39. The van der Waals surface area contributed by atoms with Crippen molar-refractivity contribution >= 4 is 11.8 Å². The third kappa shape index (κ3) is 3.12. The molecule has 21 heavy (non-hydrogen) atoms. The van der Waals surface area contributed by atoms with Gasteiger partial charge in [-0.1, -0.05) is 18.5 Å². The van der Waals surface area contributed by atoms with Crippen LogP contribution in [-0.2, 0) is 5.41 Å². The summed E-state index contributed by atoms with van der Waals surface area (Å²) in [5.41, 5.74) is 0.0542. The van der Waals surface area contributed by atoms with E-state index in [1.54, 1.807) is 0 Å². The number of nitrogens with one attached hydrogen (secondary N) is 1. The molecule has 0 aliphatic carbocycles. The summed E-state index contributed by atoms with van der Waals surface area (Å²) in [7, 11) is 2.16. The Balaban J connectivity index is 1.81. The fourth-order valence-corrected chi connectivity index (χ4v) is 4.70. The van der Waals surface area contributed by atoms with Crippen LogP contribution in [0.15, 0.2) is 4.52 Å². The second-order valence-electron chi connectivity index (χ2n) is 6.34. The zero-order valence-electron chi connectivity index (χ0n) is 13.1. The first-order chi connectivity index (χ1) is 10.2. The van der Waals surface area contributed by atoms with E-state index in [1.807, 2.05) is 11.8 Å². The highest BCUT2D eigenvalue weighted by Crippen LogP contribution is 2.36. The number of hydrogen-bond acceptors (Lipinski definition) is 6. The monoisotopic (exact) mass is 310 g/mol. The molecule has 2 unspecified atom stereocenters. The van der Waals surface area contributed by atoms with Gasteiger partial charge in [-0.2, -0.15) is 16.7 Å². The van der Waals surface area contributed by atoms with Crippen molar-refractivity contribution in [1.82, 2.24) is 20.4 Å². The zero-order valence-corrected chi connectivity index (χ0v) is 13.9. The Labute approximate surface area is 131 Å². The van der Waals surface area contributed by atoms with E-state index in [-0.39, 0.29) is 5.41 Å². The number of aromatic nitrogens is 2. The predicted molar refractivity (Wildman–Crippen MR) is 85.7 cm³/mol. The minimum atomic E-state index is 0.0542. The zero-order chi connectivity index (χ0) is 14.7. The van der Waals surface area contributed by atoms with Crippen LogP contribution in [-0.4, -0.2) is 53.2 Å². The van der Waals surface area contributed by atoms with Gasteiger partial charge in [0.1, 0.15) is 0 Å². The van der Waals surface area contributed by atoms with Gasteiger partial charge < -0.3 is 9.84 Å². The SMILES string of the molecule is CCCC1(c2nc(C3CSCCN3C)no2)CCCNC1. The van der Waals surface area contributed by atoms with Crippen molar-refractivity contribution in [2.75, 3.05) is 38.2 Å². The molecule has 2 atom stereocenters. The summed E-state index contributed by atoms with van der Waals surface area (Å²) in [5.74, 6) is 3.99. The number of piperidine rings is 1. The lowest BCUT2D eigenvalue weighted by atomic mass is 9.77. The van der Waals surface area contributed by atoms with Crippen molar-refractivity contribution in [2.24, 2.45) is 0 Å². The summed E-state index contributed by atoms with van der Waals surface area (Å²) in [4.78, 5) is 7.17. The molecule has 0 saturated carbocycles. The Bertz CT molecular complexity index is 453. The van der Waals surface area contributed by atoms with E-state index in [4.69, 9.17) is 9.51 Å². The Morgan fingerprint density at radius 1 is 1.52 bits per heavy atom. The maximum absolute atomic E-state index is 5.72. The van der Waals surface area contributed by atoms with Crippen LogP contribution in [0, 0.1) is 0 Å². The van der Waals surface area contributed by atoms with Crippen LogP contribution in [0.1, 0.15) is 50.4 Å². The number of hydrogen-bond donors (Lipinski definition) is 1. The lowest BCUT2D eigenvalue weighted by Crippen LogP contribution is -2.43. The molecule has 118 valence electrons. The fraction of sp³-hybridized carbons (Fsp3) is 0.867. The molecule has 0 amide bonds. The molecule has 0 bridgehead atoms. The Morgan fingerprint density at radius 2 is 2.43 bits per heavy atom. The van der Waals surface area contributed by atoms with E-state index >= 15 is 0 Å². The molecule has 2 fully saturated rings. The molecule has 1 aromatic rings. The molecule has 2 saturated heterocycles. The van der Waals surface area contributed by atoms with Crippen LogP contribution in [0.3, 0.4) is 0 Å². The summed E-state index contributed by atoms with van der Waals surface area (Å²) < 4.78 is 5.72. The van der Waals surface area contributed by atoms with Crippen LogP contribution >= 0.6 is 11.8 Å². The summed E-state index contributed by atoms with van der Waals surface area (Å²) in [6, 6.07) is 0.302. The summed E-state index contributed by atoms with van der Waals surface area (Å²) in [5, 5.41) is 7.84. The van der Waals surface area contributed by atoms with Crippen molar-refractivity contribution < 1.29 is 4.52 Å². The fourth-order valence-electron chi connectivity index (χ4n) is 3.49. The van der Waals surface area contributed by atoms with E-state index in [2.05, 4.69) is 29.3 Å². The Hall–Kier alpha value is -0.590. The van der Waals surface area contributed by atoms with E-state index in [1.165, 1.54) is 12.2 Å². The highest BCUT2D eigenvalue weighted by molar-refractivity contribution is 7.99. The third-order valence-corrected chi connectivity index (χ3v) is 5.81. The second-order valence-corrected chi connectivity index (χ2v) is 7.49. The molecule has 2 aliphatic rings. The molecule has 0 radical (unpaired) electrons. The van der Waals surface area contributed by atoms with Gasteiger partial charge in [0.05, 0.1) is 11.5 Å². The van der Waals surface area contributed by atoms with Gasteiger partial charge >= 0.3 is 0 Å². The Morgan fingerprint density at radius 3 is 3.14 bits per heavy atom. The van der Waals surface area contributed by atoms with Gasteiger partial charge in [-0.25, -0.2) is 0 Å². The maximum atomic E-state index is 5.72. The first-order valence-electron chi connectivity index (χ1n) is 8.08. The van der Waals surface area contributed by atoms with Gasteiger partial charge in [-0.15, -0.1) is 0 Å². The topological polar surface area (TPSA) is 54.2 Å². The van der Waals surface area contributed by atoms with Crippen LogP contribution in [0.5, 0.6) is 0 Å². The summed E-state index contributed by atoms with van der Waals surface area (Å²) >= 11 is 1.98. The number of rotatable bonds is 4. The van der Waals surface area contributed by atoms with Crippen molar-refractivity contribution in [2.45, 2.75) is 44.1 Å². The molecule has 0 spiro atoms. The molecular formula is C15H26N4OS. The van der Waals surface area contributed by atoms with Crippen molar-refractivity contribution in [1.29, 1.82) is 0 Å². The van der Waals surface area contributed by atoms with E-state index in [0.717, 1.165) is 56.4 Å². The van der Waals surface area contributed by atoms with Gasteiger partial charge in [0.15, 0.2) is 5.82 Å². The summed E-state index contributed by atoms with van der Waals surface area (Å²) in [6.45, 7) is 5.41. The minimum absolute atomic E-state index is 0.0542. The first kappa shape index (κ1) is 15.3. The van der Waals surface area contributed by atoms with Crippen molar-refractivity contribution in [3.05, 3.63) is 11.7 Å². The van der Waals surface area contributed by atoms with Crippen LogP contribution in [0.4, 0.5) is 0 Å². The average Bonchev–Trinajstić information content (AvgIpc) is 2.99. The highest BCUT2D eigenvalue weighted by atomic mass is 32.2. The van der Waals surface area contributed by atoms with E-state index in [0.29, 0.717) is 6.04 Å². The molecule has 3 heterocycles. The number of thioether (sulfide) groups is 1. The van der Waals surface area contributed by atoms with Gasteiger partial charge in [0.2, 0.25) is 5.89 Å². The Kier molecular flexibility index (Phi) is 4.86. The number of nitrogens with zero attached hydrogens (tertiary/aromatic N) is 3. The van der Waals surface area contributed by atoms with Gasteiger partial charge in [0.25, 0.3) is 0 Å². The van der Waals surface area contributed by atoms with E-state index < -0.39 is 0 Å². The largest absolute Gasteiger partial charge is 0.339 e. The lowest BCUT2D eigenvalue weighted by molar-refractivity contribution is 0.211. The molecule has 6 heteroatoms. The minimum Gasteiger partial charge on any atom is -0.339 e. The molecule has 2 aliphatic heterocycles. The molecule has 0 aromatic carbocycles. The average molecular weight is 310 g/mol. The van der Waals surface area contributed by atoms with Crippen molar-refractivity contribution in [3.63, 3.8) is 0 Å². The molecule has 5 nitrogen and oxygen atoms in total. The third-order valence-electron chi connectivity index (χ3n) is 4.79. The predicted octanol–water partition coefficient (Wildman–Crippen LogP) is 2.21.